The van der Waals surface area contributed by atoms with Gasteiger partial charge in [-0.2, -0.15) is 0 Å². The van der Waals surface area contributed by atoms with Gasteiger partial charge in [0.1, 0.15) is 0 Å². The number of nitrogens with one attached hydrogen (secondary N) is 1. The second kappa shape index (κ2) is 3.88. The second-order valence-electron chi connectivity index (χ2n) is 4.49. The van der Waals surface area contributed by atoms with Gasteiger partial charge < -0.3 is 14.8 Å². The fourth-order valence-electron chi connectivity index (χ4n) is 1.73. The van der Waals surface area contributed by atoms with E-state index in [1.807, 2.05) is 29.8 Å². The zero-order chi connectivity index (χ0) is 11.8. The molecule has 4 nitrogen and oxygen atoms in total. The van der Waals surface area contributed by atoms with Gasteiger partial charge in [-0.25, -0.2) is 4.98 Å². The summed E-state index contributed by atoms with van der Waals surface area (Å²) in [5.74, 6) is 0. The van der Waals surface area contributed by atoms with E-state index in [9.17, 15) is 5.11 Å². The highest BCUT2D eigenvalue weighted by Crippen LogP contribution is 2.22. The molecule has 0 aliphatic carbocycles. The Balaban J connectivity index is 2.54. The number of aliphatic hydroxyl groups is 1. The van der Waals surface area contributed by atoms with E-state index in [0.29, 0.717) is 0 Å². The third kappa shape index (κ3) is 1.94. The summed E-state index contributed by atoms with van der Waals surface area (Å²) in [6.07, 6.45) is 3.71. The lowest BCUT2D eigenvalue weighted by molar-refractivity contribution is 0.0786. The first-order valence-electron chi connectivity index (χ1n) is 5.35. The van der Waals surface area contributed by atoms with E-state index in [4.69, 9.17) is 0 Å². The molecule has 0 fully saturated rings. The van der Waals surface area contributed by atoms with E-state index < -0.39 is 5.60 Å². The van der Waals surface area contributed by atoms with Crippen molar-refractivity contribution in [2.24, 2.45) is 0 Å². The smallest absolute Gasteiger partial charge is 0.0996 e. The number of pyridine rings is 1. The van der Waals surface area contributed by atoms with Crippen LogP contribution in [0.1, 0.15) is 25.1 Å². The number of imidazole rings is 1. The Morgan fingerprint density at radius 3 is 2.88 bits per heavy atom. The predicted octanol–water partition coefficient (Wildman–Crippen LogP) is 1.28. The van der Waals surface area contributed by atoms with E-state index in [-0.39, 0.29) is 0 Å². The van der Waals surface area contributed by atoms with E-state index in [0.717, 1.165) is 23.3 Å². The SMILES string of the molecule is CNCc1ncn2ccc(C(C)(C)O)cc12. The Labute approximate surface area is 94.9 Å². The Bertz CT molecular complexity index is 496. The van der Waals surface area contributed by atoms with Crippen molar-refractivity contribution in [2.45, 2.75) is 26.0 Å². The van der Waals surface area contributed by atoms with Gasteiger partial charge in [0.05, 0.1) is 23.1 Å². The summed E-state index contributed by atoms with van der Waals surface area (Å²) < 4.78 is 1.96. The van der Waals surface area contributed by atoms with Crippen LogP contribution in [-0.2, 0) is 12.1 Å². The van der Waals surface area contributed by atoms with Gasteiger partial charge >= 0.3 is 0 Å². The quantitative estimate of drug-likeness (QED) is 0.817. The van der Waals surface area contributed by atoms with E-state index in [1.165, 1.54) is 0 Å². The highest BCUT2D eigenvalue weighted by molar-refractivity contribution is 5.54. The third-order valence-corrected chi connectivity index (χ3v) is 2.67. The van der Waals surface area contributed by atoms with Crippen molar-refractivity contribution >= 4 is 5.52 Å². The summed E-state index contributed by atoms with van der Waals surface area (Å²) in [6, 6.07) is 3.90. The fourth-order valence-corrected chi connectivity index (χ4v) is 1.73. The van der Waals surface area contributed by atoms with Crippen molar-refractivity contribution in [1.29, 1.82) is 0 Å². The molecule has 2 N–H and O–H groups in total. The van der Waals surface area contributed by atoms with Gasteiger partial charge in [0, 0.05) is 12.7 Å². The van der Waals surface area contributed by atoms with E-state index in [1.54, 1.807) is 20.2 Å². The van der Waals surface area contributed by atoms with Crippen LogP contribution in [0.15, 0.2) is 24.7 Å². The topological polar surface area (TPSA) is 49.6 Å². The average Bonchev–Trinajstić information content (AvgIpc) is 2.60. The molecule has 0 saturated carbocycles. The molecule has 86 valence electrons. The van der Waals surface area contributed by atoms with Gasteiger partial charge in [-0.3, -0.25) is 0 Å². The molecule has 0 aliphatic rings. The lowest BCUT2D eigenvalue weighted by atomic mass is 9.99. The minimum Gasteiger partial charge on any atom is -0.386 e. The van der Waals surface area contributed by atoms with Gasteiger partial charge in [-0.1, -0.05) is 0 Å². The normalized spacial score (nSPS) is 12.2. The van der Waals surface area contributed by atoms with Crippen molar-refractivity contribution < 1.29 is 5.11 Å². The third-order valence-electron chi connectivity index (χ3n) is 2.67. The number of hydrogen-bond acceptors (Lipinski definition) is 3. The molecule has 0 amide bonds. The number of fused-ring (bicyclic) bond motifs is 1. The highest BCUT2D eigenvalue weighted by atomic mass is 16.3. The molecule has 0 aliphatic heterocycles. The van der Waals surface area contributed by atoms with Crippen LogP contribution in [0.25, 0.3) is 5.52 Å². The van der Waals surface area contributed by atoms with Crippen molar-refractivity contribution in [2.75, 3.05) is 7.05 Å². The molecule has 0 atom stereocenters. The summed E-state index contributed by atoms with van der Waals surface area (Å²) >= 11 is 0. The molecule has 16 heavy (non-hydrogen) atoms. The van der Waals surface area contributed by atoms with Crippen molar-refractivity contribution in [3.05, 3.63) is 35.9 Å². The number of nitrogens with zero attached hydrogens (tertiary/aromatic N) is 2. The van der Waals surface area contributed by atoms with Gasteiger partial charge in [0.2, 0.25) is 0 Å². The first kappa shape index (κ1) is 11.1. The lowest BCUT2D eigenvalue weighted by Gasteiger charge is -2.17. The van der Waals surface area contributed by atoms with Crippen LogP contribution in [0.3, 0.4) is 0 Å². The van der Waals surface area contributed by atoms with Crippen LogP contribution in [0, 0.1) is 0 Å². The first-order valence-corrected chi connectivity index (χ1v) is 5.35. The largest absolute Gasteiger partial charge is 0.386 e. The molecule has 0 unspecified atom stereocenters. The molecular formula is C12H17N3O. The van der Waals surface area contributed by atoms with Crippen LogP contribution in [0.2, 0.25) is 0 Å². The van der Waals surface area contributed by atoms with Crippen LogP contribution in [0.4, 0.5) is 0 Å². The first-order chi connectivity index (χ1) is 7.52. The van der Waals surface area contributed by atoms with Crippen LogP contribution in [-0.4, -0.2) is 21.5 Å². The fraction of sp³-hybridized carbons (Fsp3) is 0.417. The van der Waals surface area contributed by atoms with Crippen molar-refractivity contribution in [3.63, 3.8) is 0 Å². The molecular weight excluding hydrogens is 202 g/mol. The molecule has 0 spiro atoms. The highest BCUT2D eigenvalue weighted by Gasteiger charge is 2.17. The summed E-state index contributed by atoms with van der Waals surface area (Å²) in [6.45, 7) is 4.30. The molecule has 2 aromatic rings. The van der Waals surface area contributed by atoms with E-state index in [2.05, 4.69) is 10.3 Å². The molecule has 2 rings (SSSR count). The summed E-state index contributed by atoms with van der Waals surface area (Å²) in [5, 5.41) is 13.0. The summed E-state index contributed by atoms with van der Waals surface area (Å²) in [4.78, 5) is 4.33. The second-order valence-corrected chi connectivity index (χ2v) is 4.49. The Kier molecular flexibility index (Phi) is 2.69. The van der Waals surface area contributed by atoms with Crippen LogP contribution in [0.5, 0.6) is 0 Å². The maximum Gasteiger partial charge on any atom is 0.0996 e. The monoisotopic (exact) mass is 219 g/mol. The Morgan fingerprint density at radius 2 is 2.25 bits per heavy atom. The summed E-state index contributed by atoms with van der Waals surface area (Å²) in [5.41, 5.74) is 2.11. The van der Waals surface area contributed by atoms with Gasteiger partial charge in [-0.15, -0.1) is 0 Å². The molecule has 0 aromatic carbocycles. The minimum absolute atomic E-state index is 0.728. The van der Waals surface area contributed by atoms with Gasteiger partial charge in [-0.05, 0) is 38.6 Å². The van der Waals surface area contributed by atoms with E-state index >= 15 is 0 Å². The maximum atomic E-state index is 9.96. The molecule has 4 heteroatoms. The molecule has 0 bridgehead atoms. The average molecular weight is 219 g/mol. The van der Waals surface area contributed by atoms with Crippen molar-refractivity contribution in [1.82, 2.24) is 14.7 Å². The van der Waals surface area contributed by atoms with Crippen molar-refractivity contribution in [3.8, 4) is 0 Å². The number of aromatic nitrogens is 2. The minimum atomic E-state index is -0.817. The zero-order valence-electron chi connectivity index (χ0n) is 9.86. The van der Waals surface area contributed by atoms with Gasteiger partial charge in [0.15, 0.2) is 0 Å². The molecule has 2 heterocycles. The molecule has 0 saturated heterocycles. The van der Waals surface area contributed by atoms with Crippen LogP contribution >= 0.6 is 0 Å². The van der Waals surface area contributed by atoms with Gasteiger partial charge in [0.25, 0.3) is 0 Å². The maximum absolute atomic E-state index is 9.96. The Morgan fingerprint density at radius 1 is 1.50 bits per heavy atom. The zero-order valence-corrected chi connectivity index (χ0v) is 9.86. The predicted molar refractivity (Wildman–Crippen MR) is 63.2 cm³/mol. The molecule has 0 radical (unpaired) electrons. The number of rotatable bonds is 3. The lowest BCUT2D eigenvalue weighted by Crippen LogP contribution is -2.15. The standard InChI is InChI=1S/C12H17N3O/c1-12(2,16)9-4-5-15-8-14-10(7-13-3)11(15)6-9/h4-6,8,13,16H,7H2,1-3H3. The van der Waals surface area contributed by atoms with Crippen LogP contribution < -0.4 is 5.32 Å². The Hall–Kier alpha value is -1.39. The number of hydrogen-bond donors (Lipinski definition) is 2. The summed E-state index contributed by atoms with van der Waals surface area (Å²) in [7, 11) is 1.89. The molecule has 2 aromatic heterocycles.